The molecule has 0 aliphatic heterocycles. The molecule has 21 heavy (non-hydrogen) atoms. The van der Waals surface area contributed by atoms with Gasteiger partial charge in [0.2, 0.25) is 0 Å². The Balaban J connectivity index is 2.12. The third-order valence-corrected chi connectivity index (χ3v) is 3.66. The average molecular weight is 347 g/mol. The van der Waals surface area contributed by atoms with Crippen LogP contribution in [0.5, 0.6) is 11.5 Å². The highest BCUT2D eigenvalue weighted by Gasteiger charge is 2.11. The van der Waals surface area contributed by atoms with Gasteiger partial charge in [0.05, 0.1) is 17.4 Å². The van der Waals surface area contributed by atoms with Crippen LogP contribution >= 0.6 is 15.9 Å². The van der Waals surface area contributed by atoms with E-state index in [1.807, 2.05) is 18.2 Å². The Kier molecular flexibility index (Phi) is 3.51. The van der Waals surface area contributed by atoms with Crippen molar-refractivity contribution in [3.63, 3.8) is 0 Å². The molecule has 5 heteroatoms. The quantitative estimate of drug-likeness (QED) is 0.723. The lowest BCUT2D eigenvalue weighted by Crippen LogP contribution is -1.96. The van der Waals surface area contributed by atoms with Crippen molar-refractivity contribution in [3.8, 4) is 11.5 Å². The zero-order valence-corrected chi connectivity index (χ0v) is 12.8. The van der Waals surface area contributed by atoms with Crippen molar-refractivity contribution in [1.82, 2.24) is 4.98 Å². The molecule has 0 aliphatic rings. The Morgan fingerprint density at radius 1 is 1.19 bits per heavy atom. The van der Waals surface area contributed by atoms with Gasteiger partial charge in [-0.3, -0.25) is 4.98 Å². The lowest BCUT2D eigenvalue weighted by molar-refractivity contribution is 0.483. The van der Waals surface area contributed by atoms with Crippen molar-refractivity contribution >= 4 is 32.5 Å². The Hall–Kier alpha value is -2.14. The maximum Gasteiger partial charge on any atom is 0.161 e. The molecule has 1 heterocycles. The minimum absolute atomic E-state index is 0.314. The number of nitrogen functional groups attached to an aromatic ring is 1. The lowest BCUT2D eigenvalue weighted by Gasteiger charge is -2.12. The molecule has 0 saturated carbocycles. The van der Waals surface area contributed by atoms with Crippen molar-refractivity contribution in [2.75, 3.05) is 5.73 Å². The maximum atomic E-state index is 13.6. The van der Waals surface area contributed by atoms with E-state index in [1.54, 1.807) is 19.1 Å². The third kappa shape index (κ3) is 2.69. The number of anilines is 1. The topological polar surface area (TPSA) is 48.1 Å². The normalized spacial score (nSPS) is 10.8. The van der Waals surface area contributed by atoms with Crippen molar-refractivity contribution in [3.05, 3.63) is 58.4 Å². The van der Waals surface area contributed by atoms with Crippen LogP contribution in [-0.4, -0.2) is 4.98 Å². The van der Waals surface area contributed by atoms with Gasteiger partial charge in [-0.1, -0.05) is 22.0 Å². The number of benzene rings is 2. The molecule has 3 rings (SSSR count). The third-order valence-electron chi connectivity index (χ3n) is 3.17. The average Bonchev–Trinajstić information content (AvgIpc) is 2.46. The second kappa shape index (κ2) is 5.33. The second-order valence-corrected chi connectivity index (χ2v) is 5.63. The molecule has 0 amide bonds. The molecular weight excluding hydrogens is 335 g/mol. The fraction of sp³-hybridized carbons (Fsp3) is 0.0625. The number of ether oxygens (including phenoxy) is 1. The van der Waals surface area contributed by atoms with Gasteiger partial charge in [-0.05, 0) is 36.8 Å². The number of fused-ring (bicyclic) bond motifs is 1. The molecule has 0 fully saturated rings. The van der Waals surface area contributed by atoms with E-state index in [0.717, 1.165) is 15.4 Å². The molecule has 3 nitrogen and oxygen atoms in total. The van der Waals surface area contributed by atoms with E-state index in [-0.39, 0.29) is 5.82 Å². The molecule has 3 aromatic rings. The zero-order chi connectivity index (χ0) is 15.0. The summed E-state index contributed by atoms with van der Waals surface area (Å²) in [5.74, 6) is 0.562. The molecule has 2 aromatic carbocycles. The molecule has 106 valence electrons. The van der Waals surface area contributed by atoms with Crippen LogP contribution in [0.25, 0.3) is 10.9 Å². The van der Waals surface area contributed by atoms with Crippen LogP contribution in [0.4, 0.5) is 10.1 Å². The Labute approximate surface area is 129 Å². The summed E-state index contributed by atoms with van der Waals surface area (Å²) in [6.45, 7) is 1.70. The van der Waals surface area contributed by atoms with Gasteiger partial charge >= 0.3 is 0 Å². The van der Waals surface area contributed by atoms with E-state index in [0.29, 0.717) is 22.7 Å². The number of aromatic nitrogens is 1. The monoisotopic (exact) mass is 346 g/mol. The van der Waals surface area contributed by atoms with Gasteiger partial charge in [-0.25, -0.2) is 4.39 Å². The number of halogens is 2. The van der Waals surface area contributed by atoms with Crippen LogP contribution in [0.15, 0.2) is 47.1 Å². The van der Waals surface area contributed by atoms with E-state index in [2.05, 4.69) is 20.9 Å². The molecule has 0 spiro atoms. The summed E-state index contributed by atoms with van der Waals surface area (Å²) in [6, 6.07) is 10.3. The Morgan fingerprint density at radius 3 is 2.76 bits per heavy atom. The van der Waals surface area contributed by atoms with Crippen LogP contribution in [0.2, 0.25) is 0 Å². The van der Waals surface area contributed by atoms with Gasteiger partial charge in [0.25, 0.3) is 0 Å². The second-order valence-electron chi connectivity index (χ2n) is 4.72. The van der Waals surface area contributed by atoms with Crippen molar-refractivity contribution in [1.29, 1.82) is 0 Å². The number of hydrogen-bond acceptors (Lipinski definition) is 3. The molecule has 0 atom stereocenters. The molecule has 2 N–H and O–H groups in total. The number of nitrogens with zero attached hydrogens (tertiary/aromatic N) is 1. The summed E-state index contributed by atoms with van der Waals surface area (Å²) >= 11 is 3.41. The SMILES string of the molecule is Cc1ccc(Oc2c(N)cnc3ccc(Br)cc23)cc1F. The van der Waals surface area contributed by atoms with Crippen LogP contribution in [0.3, 0.4) is 0 Å². The van der Waals surface area contributed by atoms with E-state index >= 15 is 0 Å². The van der Waals surface area contributed by atoms with Gasteiger partial charge in [0.15, 0.2) is 5.75 Å². The van der Waals surface area contributed by atoms with Gasteiger partial charge in [-0.15, -0.1) is 0 Å². The summed E-state index contributed by atoms with van der Waals surface area (Å²) in [7, 11) is 0. The van der Waals surface area contributed by atoms with E-state index in [1.165, 1.54) is 12.3 Å². The van der Waals surface area contributed by atoms with Gasteiger partial charge in [0.1, 0.15) is 11.6 Å². The standard InChI is InChI=1S/C16H12BrFN2O/c1-9-2-4-11(7-13(9)18)21-16-12-6-10(17)3-5-15(12)20-8-14(16)19/h2-8H,19H2,1H3. The minimum Gasteiger partial charge on any atom is -0.454 e. The first-order valence-electron chi connectivity index (χ1n) is 6.32. The Bertz CT molecular complexity index is 831. The van der Waals surface area contributed by atoms with Crippen molar-refractivity contribution in [2.24, 2.45) is 0 Å². The predicted octanol–water partition coefficient (Wildman–Crippen LogP) is 4.82. The number of hydrogen-bond donors (Lipinski definition) is 1. The Morgan fingerprint density at radius 2 is 2.00 bits per heavy atom. The highest BCUT2D eigenvalue weighted by Crippen LogP contribution is 2.35. The van der Waals surface area contributed by atoms with E-state index in [9.17, 15) is 4.39 Å². The fourth-order valence-electron chi connectivity index (χ4n) is 2.02. The van der Waals surface area contributed by atoms with Crippen LogP contribution in [0.1, 0.15) is 5.56 Å². The molecule has 0 bridgehead atoms. The summed E-state index contributed by atoms with van der Waals surface area (Å²) in [5, 5.41) is 0.769. The highest BCUT2D eigenvalue weighted by atomic mass is 79.9. The molecule has 0 radical (unpaired) electrons. The number of rotatable bonds is 2. The van der Waals surface area contributed by atoms with E-state index < -0.39 is 0 Å². The zero-order valence-electron chi connectivity index (χ0n) is 11.2. The molecule has 0 aliphatic carbocycles. The first kappa shape index (κ1) is 13.8. The minimum atomic E-state index is -0.314. The summed E-state index contributed by atoms with van der Waals surface area (Å²) in [6.07, 6.45) is 1.54. The van der Waals surface area contributed by atoms with Crippen LogP contribution in [0, 0.1) is 12.7 Å². The maximum absolute atomic E-state index is 13.6. The lowest BCUT2D eigenvalue weighted by atomic mass is 10.2. The number of nitrogens with two attached hydrogens (primary N) is 1. The molecular formula is C16H12BrFN2O. The first-order valence-corrected chi connectivity index (χ1v) is 7.11. The molecule has 0 unspecified atom stereocenters. The first-order chi connectivity index (χ1) is 10.0. The van der Waals surface area contributed by atoms with Gasteiger partial charge in [0, 0.05) is 15.9 Å². The van der Waals surface area contributed by atoms with Crippen molar-refractivity contribution < 1.29 is 9.13 Å². The fourth-order valence-corrected chi connectivity index (χ4v) is 2.39. The van der Waals surface area contributed by atoms with Crippen LogP contribution in [-0.2, 0) is 0 Å². The molecule has 1 aromatic heterocycles. The number of pyridine rings is 1. The van der Waals surface area contributed by atoms with Crippen molar-refractivity contribution in [2.45, 2.75) is 6.92 Å². The van der Waals surface area contributed by atoms with Gasteiger partial charge < -0.3 is 10.5 Å². The van der Waals surface area contributed by atoms with E-state index in [4.69, 9.17) is 10.5 Å². The van der Waals surface area contributed by atoms with Gasteiger partial charge in [-0.2, -0.15) is 0 Å². The molecule has 0 saturated heterocycles. The highest BCUT2D eigenvalue weighted by molar-refractivity contribution is 9.10. The summed E-state index contributed by atoms with van der Waals surface area (Å²) in [4.78, 5) is 4.26. The largest absolute Gasteiger partial charge is 0.454 e. The summed E-state index contributed by atoms with van der Waals surface area (Å²) in [5.41, 5.74) is 7.69. The summed E-state index contributed by atoms with van der Waals surface area (Å²) < 4.78 is 20.3. The van der Waals surface area contributed by atoms with Crippen LogP contribution < -0.4 is 10.5 Å². The number of aryl methyl sites for hydroxylation is 1. The predicted molar refractivity (Wildman–Crippen MR) is 85.1 cm³/mol. The smallest absolute Gasteiger partial charge is 0.161 e.